The van der Waals surface area contributed by atoms with Crippen molar-refractivity contribution < 1.29 is 24.5 Å². The number of hydrogen-bond donors (Lipinski definition) is 2. The van der Waals surface area contributed by atoms with Crippen LogP contribution in [0.3, 0.4) is 0 Å². The highest BCUT2D eigenvalue weighted by molar-refractivity contribution is 7.09. The van der Waals surface area contributed by atoms with E-state index in [2.05, 4.69) is 6.07 Å². The van der Waals surface area contributed by atoms with Gasteiger partial charge in [0.25, 0.3) is 0 Å². The number of benzene rings is 1. The molecule has 27 heavy (non-hydrogen) atoms. The van der Waals surface area contributed by atoms with E-state index in [1.165, 1.54) is 9.78 Å². The lowest BCUT2D eigenvalue weighted by atomic mass is 9.87. The number of carbonyl (C=O) groups is 1. The van der Waals surface area contributed by atoms with Crippen molar-refractivity contribution in [2.45, 2.75) is 31.5 Å². The highest BCUT2D eigenvalue weighted by Gasteiger charge is 2.30. The van der Waals surface area contributed by atoms with Gasteiger partial charge in [0.05, 0.1) is 32.5 Å². The fourth-order valence-corrected chi connectivity index (χ4v) is 3.86. The number of aliphatic hydroxyl groups is 1. The highest BCUT2D eigenvalue weighted by atomic mass is 32.1. The zero-order valence-electron chi connectivity index (χ0n) is 15.1. The fraction of sp³-hybridized carbons (Fsp3) is 0.450. The van der Waals surface area contributed by atoms with E-state index in [-0.39, 0.29) is 12.5 Å². The zero-order valence-corrected chi connectivity index (χ0v) is 15.9. The van der Waals surface area contributed by atoms with E-state index in [9.17, 15) is 9.90 Å². The number of likely N-dealkylation sites (tertiary alicyclic amines) is 1. The number of piperidine rings is 1. The minimum absolute atomic E-state index is 0.0414. The van der Waals surface area contributed by atoms with Gasteiger partial charge in [0, 0.05) is 23.8 Å². The third kappa shape index (κ3) is 5.69. The second kappa shape index (κ2) is 9.73. The Hall–Kier alpha value is -2.09. The van der Waals surface area contributed by atoms with Gasteiger partial charge in [-0.1, -0.05) is 18.2 Å². The number of rotatable bonds is 8. The van der Waals surface area contributed by atoms with E-state index in [0.29, 0.717) is 32.8 Å². The summed E-state index contributed by atoms with van der Waals surface area (Å²) in [5.41, 5.74) is 1.01. The Bertz CT molecular complexity index is 704. The molecule has 1 saturated heterocycles. The quantitative estimate of drug-likeness (QED) is 0.673. The van der Waals surface area contributed by atoms with Gasteiger partial charge in [-0.15, -0.1) is 11.3 Å². The molecule has 3 rings (SSSR count). The molecule has 1 aromatic heterocycles. The van der Waals surface area contributed by atoms with Crippen molar-refractivity contribution >= 4 is 17.4 Å². The van der Waals surface area contributed by atoms with Gasteiger partial charge >= 0.3 is 6.09 Å². The number of carboxylic acid groups (broad SMARTS) is 1. The predicted octanol–water partition coefficient (Wildman–Crippen LogP) is 3.56. The third-order valence-electron chi connectivity index (χ3n) is 4.69. The standard InChI is InChI=1S/C20H25NO5S/c22-19-13-21(20(23)24)9-8-18(19)15-4-6-16(7-5-15)26-11-2-10-25-14-17-3-1-12-27-17/h1,3-7,12,18-19,22H,2,8-11,13-14H2,(H,23,24). The molecular weight excluding hydrogens is 366 g/mol. The fourth-order valence-electron chi connectivity index (χ4n) is 3.22. The Kier molecular flexibility index (Phi) is 7.09. The highest BCUT2D eigenvalue weighted by Crippen LogP contribution is 2.29. The van der Waals surface area contributed by atoms with Gasteiger partial charge in [0.1, 0.15) is 5.75 Å². The number of amides is 1. The second-order valence-electron chi connectivity index (χ2n) is 6.59. The minimum Gasteiger partial charge on any atom is -0.494 e. The van der Waals surface area contributed by atoms with Crippen LogP contribution in [0.15, 0.2) is 41.8 Å². The molecule has 0 bridgehead atoms. The Morgan fingerprint density at radius 3 is 2.70 bits per heavy atom. The van der Waals surface area contributed by atoms with Crippen LogP contribution < -0.4 is 4.74 Å². The number of ether oxygens (including phenoxy) is 2. The van der Waals surface area contributed by atoms with Crippen LogP contribution in [0.25, 0.3) is 0 Å². The molecule has 2 heterocycles. The molecule has 0 spiro atoms. The molecule has 2 N–H and O–H groups in total. The maximum absolute atomic E-state index is 11.0. The summed E-state index contributed by atoms with van der Waals surface area (Å²) in [6.07, 6.45) is -0.216. The zero-order chi connectivity index (χ0) is 19.1. The van der Waals surface area contributed by atoms with Gasteiger partial charge < -0.3 is 24.6 Å². The molecule has 0 aliphatic carbocycles. The molecule has 146 valence electrons. The summed E-state index contributed by atoms with van der Waals surface area (Å²) in [7, 11) is 0. The van der Waals surface area contributed by atoms with Gasteiger partial charge in [-0.25, -0.2) is 4.79 Å². The molecule has 1 fully saturated rings. The van der Waals surface area contributed by atoms with Crippen molar-refractivity contribution in [2.24, 2.45) is 0 Å². The van der Waals surface area contributed by atoms with Gasteiger partial charge in [-0.2, -0.15) is 0 Å². The van der Waals surface area contributed by atoms with Crippen LogP contribution in [0.4, 0.5) is 4.79 Å². The first-order valence-electron chi connectivity index (χ1n) is 9.12. The number of β-amino-alcohol motifs (C(OH)–C–C–N with tert-alkyl or cyclic N) is 1. The topological polar surface area (TPSA) is 79.2 Å². The monoisotopic (exact) mass is 391 g/mol. The molecule has 1 aromatic carbocycles. The molecule has 2 atom stereocenters. The molecule has 0 radical (unpaired) electrons. The van der Waals surface area contributed by atoms with E-state index in [4.69, 9.17) is 14.6 Å². The third-order valence-corrected chi connectivity index (χ3v) is 5.54. The van der Waals surface area contributed by atoms with Crippen LogP contribution in [0.5, 0.6) is 5.75 Å². The first-order chi connectivity index (χ1) is 13.1. The van der Waals surface area contributed by atoms with Crippen LogP contribution in [0.1, 0.15) is 29.2 Å². The number of aliphatic hydroxyl groups excluding tert-OH is 1. The number of nitrogens with zero attached hydrogens (tertiary/aromatic N) is 1. The van der Waals surface area contributed by atoms with Gasteiger partial charge in [0.2, 0.25) is 0 Å². The summed E-state index contributed by atoms with van der Waals surface area (Å²) in [5, 5.41) is 21.3. The van der Waals surface area contributed by atoms with Crippen LogP contribution in [-0.2, 0) is 11.3 Å². The van der Waals surface area contributed by atoms with Crippen LogP contribution in [-0.4, -0.2) is 53.6 Å². The number of thiophene rings is 1. The minimum atomic E-state index is -0.976. The largest absolute Gasteiger partial charge is 0.494 e. The van der Waals surface area contributed by atoms with Gasteiger partial charge in [-0.05, 0) is 35.6 Å². The predicted molar refractivity (Wildman–Crippen MR) is 103 cm³/mol. The lowest BCUT2D eigenvalue weighted by Crippen LogP contribution is -2.45. The first-order valence-corrected chi connectivity index (χ1v) is 10.0. The molecular formula is C20H25NO5S. The molecule has 7 heteroatoms. The SMILES string of the molecule is O=C(O)N1CCC(c2ccc(OCCCOCc3cccs3)cc2)C(O)C1. The van der Waals surface area contributed by atoms with Crippen LogP contribution in [0.2, 0.25) is 0 Å². The lowest BCUT2D eigenvalue weighted by molar-refractivity contribution is 0.0504. The molecule has 1 aliphatic heterocycles. The molecule has 1 aliphatic rings. The van der Waals surface area contributed by atoms with E-state index in [1.54, 1.807) is 11.3 Å². The summed E-state index contributed by atoms with van der Waals surface area (Å²) in [5.74, 6) is 0.745. The Balaban J connectivity index is 1.38. The normalized spacial score (nSPS) is 19.8. The average Bonchev–Trinajstić information content (AvgIpc) is 3.18. The van der Waals surface area contributed by atoms with Crippen molar-refractivity contribution in [3.8, 4) is 5.75 Å². The van der Waals surface area contributed by atoms with E-state index in [1.807, 2.05) is 35.7 Å². The van der Waals surface area contributed by atoms with Crippen LogP contribution in [0, 0.1) is 0 Å². The first kappa shape index (κ1) is 19.7. The Labute approximate surface area is 163 Å². The van der Waals surface area contributed by atoms with E-state index < -0.39 is 12.2 Å². The summed E-state index contributed by atoms with van der Waals surface area (Å²) in [6, 6.07) is 11.8. The van der Waals surface area contributed by atoms with Crippen molar-refractivity contribution in [1.82, 2.24) is 4.90 Å². The average molecular weight is 391 g/mol. The van der Waals surface area contributed by atoms with Crippen LogP contribution >= 0.6 is 11.3 Å². The van der Waals surface area contributed by atoms with Crippen molar-refractivity contribution in [3.63, 3.8) is 0 Å². The summed E-state index contributed by atoms with van der Waals surface area (Å²) in [6.45, 7) is 2.49. The summed E-state index contributed by atoms with van der Waals surface area (Å²) >= 11 is 1.69. The maximum Gasteiger partial charge on any atom is 0.407 e. The Morgan fingerprint density at radius 1 is 1.22 bits per heavy atom. The van der Waals surface area contributed by atoms with Crippen molar-refractivity contribution in [3.05, 3.63) is 52.2 Å². The van der Waals surface area contributed by atoms with E-state index in [0.717, 1.165) is 17.7 Å². The molecule has 0 saturated carbocycles. The number of hydrogen-bond acceptors (Lipinski definition) is 5. The van der Waals surface area contributed by atoms with Gasteiger partial charge in [-0.3, -0.25) is 0 Å². The molecule has 1 amide bonds. The summed E-state index contributed by atoms with van der Waals surface area (Å²) in [4.78, 5) is 13.5. The lowest BCUT2D eigenvalue weighted by Gasteiger charge is -2.34. The summed E-state index contributed by atoms with van der Waals surface area (Å²) < 4.78 is 11.3. The maximum atomic E-state index is 11.0. The second-order valence-corrected chi connectivity index (χ2v) is 7.63. The van der Waals surface area contributed by atoms with Crippen molar-refractivity contribution in [1.29, 1.82) is 0 Å². The van der Waals surface area contributed by atoms with Gasteiger partial charge in [0.15, 0.2) is 0 Å². The molecule has 2 unspecified atom stereocenters. The van der Waals surface area contributed by atoms with E-state index >= 15 is 0 Å². The Morgan fingerprint density at radius 2 is 2.04 bits per heavy atom. The molecule has 6 nitrogen and oxygen atoms in total. The smallest absolute Gasteiger partial charge is 0.407 e. The van der Waals surface area contributed by atoms with Crippen molar-refractivity contribution in [2.75, 3.05) is 26.3 Å². The molecule has 2 aromatic rings.